The summed E-state index contributed by atoms with van der Waals surface area (Å²) in [7, 11) is 5.48. The Morgan fingerprint density at radius 2 is 1.02 bits per heavy atom. The minimum atomic E-state index is -0.892. The van der Waals surface area contributed by atoms with Crippen molar-refractivity contribution < 1.29 is 38.2 Å². The van der Waals surface area contributed by atoms with Crippen molar-refractivity contribution in [3.05, 3.63) is 97.2 Å². The number of carboxylic acid groups (broad SMARTS) is 1. The van der Waals surface area contributed by atoms with Crippen molar-refractivity contribution in [1.82, 2.24) is 0 Å². The second kappa shape index (κ2) is 34.3. The monoisotopic (exact) mass is 725 g/mol. The van der Waals surface area contributed by atoms with E-state index < -0.39 is 18.1 Å². The van der Waals surface area contributed by atoms with Gasteiger partial charge in [-0.3, -0.25) is 9.59 Å². The molecule has 0 aromatic heterocycles. The van der Waals surface area contributed by atoms with Crippen molar-refractivity contribution >= 4 is 17.9 Å². The molecule has 1 N–H and O–H groups in total. The number of carbonyl (C=O) groups excluding carboxylic acids is 2. The third kappa shape index (κ3) is 32.2. The number of esters is 2. The summed E-state index contributed by atoms with van der Waals surface area (Å²) >= 11 is 0. The molecule has 2 atom stereocenters. The molecule has 0 aromatic rings. The van der Waals surface area contributed by atoms with Gasteiger partial charge in [-0.05, 0) is 51.4 Å². The Labute approximate surface area is 316 Å². The number of hydrogen-bond donors (Lipinski definition) is 1. The van der Waals surface area contributed by atoms with Gasteiger partial charge in [0, 0.05) is 19.3 Å². The van der Waals surface area contributed by atoms with Crippen molar-refractivity contribution in [3.63, 3.8) is 0 Å². The molecule has 0 rings (SSSR count). The number of carbonyl (C=O) groups is 3. The molecule has 0 heterocycles. The summed E-state index contributed by atoms with van der Waals surface area (Å²) in [6, 6.07) is -0.631. The fourth-order valence-electron chi connectivity index (χ4n) is 4.93. The van der Waals surface area contributed by atoms with Gasteiger partial charge in [0.05, 0.1) is 34.4 Å². The molecule has 52 heavy (non-hydrogen) atoms. The number of nitrogens with zero attached hydrogens (tertiary/aromatic N) is 1. The second-order valence-electron chi connectivity index (χ2n) is 13.6. The maximum atomic E-state index is 12.6. The number of ether oxygens (including phenoxy) is 3. The van der Waals surface area contributed by atoms with Gasteiger partial charge in [-0.2, -0.15) is 0 Å². The Morgan fingerprint density at radius 1 is 0.577 bits per heavy atom. The van der Waals surface area contributed by atoms with Gasteiger partial charge in [0.25, 0.3) is 0 Å². The molecule has 0 saturated carbocycles. The topological polar surface area (TPSA) is 99.1 Å². The van der Waals surface area contributed by atoms with Crippen LogP contribution in [0, 0.1) is 0 Å². The summed E-state index contributed by atoms with van der Waals surface area (Å²) in [5.41, 5.74) is 0. The average molecular weight is 725 g/mol. The first-order valence-electron chi connectivity index (χ1n) is 19.4. The lowest BCUT2D eigenvalue weighted by Crippen LogP contribution is -2.50. The third-order valence-corrected chi connectivity index (χ3v) is 7.92. The van der Waals surface area contributed by atoms with Crippen LogP contribution in [0.15, 0.2) is 97.2 Å². The van der Waals surface area contributed by atoms with Crippen LogP contribution in [0.25, 0.3) is 0 Å². The molecule has 0 aliphatic carbocycles. The van der Waals surface area contributed by atoms with Crippen LogP contribution in [0.1, 0.15) is 110 Å². The van der Waals surface area contributed by atoms with Gasteiger partial charge in [-0.15, -0.1) is 0 Å². The molecule has 0 fully saturated rings. The number of rotatable bonds is 32. The molecule has 292 valence electrons. The first kappa shape index (κ1) is 48.2. The molecule has 0 aliphatic rings. The zero-order valence-electron chi connectivity index (χ0n) is 33.0. The fraction of sp³-hybridized carbons (Fsp3) is 0.568. The van der Waals surface area contributed by atoms with Crippen LogP contribution in [0.4, 0.5) is 0 Å². The van der Waals surface area contributed by atoms with Crippen molar-refractivity contribution in [2.75, 3.05) is 41.0 Å². The lowest BCUT2D eigenvalue weighted by Gasteiger charge is -2.31. The zero-order chi connectivity index (χ0) is 38.5. The van der Waals surface area contributed by atoms with Gasteiger partial charge in [0.1, 0.15) is 6.61 Å². The highest BCUT2D eigenvalue weighted by Crippen LogP contribution is 2.12. The quantitative estimate of drug-likeness (QED) is 0.0319. The van der Waals surface area contributed by atoms with Crippen LogP contribution < -0.4 is 0 Å². The van der Waals surface area contributed by atoms with Crippen molar-refractivity contribution in [1.29, 1.82) is 0 Å². The van der Waals surface area contributed by atoms with Crippen molar-refractivity contribution in [3.8, 4) is 0 Å². The number of allylic oxidation sites excluding steroid dienone is 16. The molecule has 2 unspecified atom stereocenters. The van der Waals surface area contributed by atoms with Crippen LogP contribution in [0.3, 0.4) is 0 Å². The van der Waals surface area contributed by atoms with Crippen LogP contribution in [0.2, 0.25) is 0 Å². The zero-order valence-corrected chi connectivity index (χ0v) is 33.0. The molecular weight excluding hydrogens is 654 g/mol. The van der Waals surface area contributed by atoms with E-state index in [-0.39, 0.29) is 42.7 Å². The Morgan fingerprint density at radius 3 is 1.52 bits per heavy atom. The molecule has 0 saturated heterocycles. The van der Waals surface area contributed by atoms with Gasteiger partial charge < -0.3 is 23.8 Å². The highest BCUT2D eigenvalue weighted by Gasteiger charge is 2.31. The lowest BCUT2D eigenvalue weighted by atomic mass is 10.1. The minimum Gasteiger partial charge on any atom is -0.477 e. The summed E-state index contributed by atoms with van der Waals surface area (Å²) in [5, 5.41) is 9.59. The molecule has 0 amide bonds. The Bertz CT molecular complexity index is 1170. The van der Waals surface area contributed by atoms with E-state index in [0.29, 0.717) is 19.3 Å². The second-order valence-corrected chi connectivity index (χ2v) is 13.6. The molecule has 0 aliphatic heterocycles. The van der Waals surface area contributed by atoms with Crippen molar-refractivity contribution in [2.24, 2.45) is 0 Å². The smallest absolute Gasteiger partial charge is 0.362 e. The average Bonchev–Trinajstić information content (AvgIpc) is 3.09. The lowest BCUT2D eigenvalue weighted by molar-refractivity contribution is -0.887. The first-order valence-corrected chi connectivity index (χ1v) is 19.4. The third-order valence-electron chi connectivity index (χ3n) is 7.92. The minimum absolute atomic E-state index is 0.0299. The van der Waals surface area contributed by atoms with Crippen molar-refractivity contribution in [2.45, 2.75) is 122 Å². The summed E-state index contributed by atoms with van der Waals surface area (Å²) < 4.78 is 17.1. The molecule has 0 bridgehead atoms. The molecule has 8 nitrogen and oxygen atoms in total. The number of carboxylic acids is 1. The van der Waals surface area contributed by atoms with Crippen LogP contribution in [0.5, 0.6) is 0 Å². The van der Waals surface area contributed by atoms with Gasteiger partial charge in [-0.25, -0.2) is 4.79 Å². The SMILES string of the molecule is CC/C=C/C=C/C=C/C=C/CCCCCCCC(=O)OCC(COCCC(C(=O)O)[N+](C)(C)C)OC(=O)CCCCC/C=C/C=C/C=C/C=C/CC. The summed E-state index contributed by atoms with van der Waals surface area (Å²) in [6.07, 6.45) is 44.5. The van der Waals surface area contributed by atoms with E-state index in [9.17, 15) is 19.5 Å². The molecule has 0 aromatic carbocycles. The standard InChI is InChI=1S/C44H69NO7/c1-6-8-10-12-14-16-18-20-21-23-24-26-28-30-32-34-42(46)51-39-40(38-50-37-36-41(44(48)49)45(3,4)5)52-43(47)35-33-31-29-27-25-22-19-17-15-13-11-9-7-2/h8-22,25,40-41H,6-7,23-24,26-39H2,1-5H3/p+1/b10-8+,11-9+,14-12+,15-13+,18-16+,19-17+,21-20+,25-22+. The Kier molecular flexibility index (Phi) is 31.9. The van der Waals surface area contributed by atoms with Crippen LogP contribution in [-0.2, 0) is 28.6 Å². The van der Waals surface area contributed by atoms with Gasteiger partial charge in [0.2, 0.25) is 0 Å². The van der Waals surface area contributed by atoms with Crippen LogP contribution >= 0.6 is 0 Å². The molecule has 0 radical (unpaired) electrons. The number of likely N-dealkylation sites (N-methyl/N-ethyl adjacent to an activating group) is 1. The van der Waals surface area contributed by atoms with E-state index in [4.69, 9.17) is 14.2 Å². The van der Waals surface area contributed by atoms with Gasteiger partial charge >= 0.3 is 17.9 Å². The Balaban J connectivity index is 4.55. The fourth-order valence-corrected chi connectivity index (χ4v) is 4.93. The van der Waals surface area contributed by atoms with E-state index in [1.165, 1.54) is 0 Å². The predicted molar refractivity (Wildman–Crippen MR) is 215 cm³/mol. The maximum Gasteiger partial charge on any atom is 0.362 e. The first-order chi connectivity index (χ1) is 25.1. The summed E-state index contributed by atoms with van der Waals surface area (Å²) in [5.74, 6) is -1.57. The molecule has 0 spiro atoms. The highest BCUT2D eigenvalue weighted by atomic mass is 16.6. The van der Waals surface area contributed by atoms with E-state index in [2.05, 4.69) is 44.2 Å². The number of quaternary nitrogens is 1. The highest BCUT2D eigenvalue weighted by molar-refractivity contribution is 5.72. The predicted octanol–water partition coefficient (Wildman–Crippen LogP) is 9.96. The van der Waals surface area contributed by atoms with E-state index in [1.807, 2.05) is 88.0 Å². The van der Waals surface area contributed by atoms with E-state index in [1.54, 1.807) is 0 Å². The Hall–Kier alpha value is -3.75. The number of aliphatic carboxylic acids is 1. The van der Waals surface area contributed by atoms with Gasteiger partial charge in [-0.1, -0.05) is 137 Å². The molecular formula is C44H70NO7+. The largest absolute Gasteiger partial charge is 0.477 e. The summed E-state index contributed by atoms with van der Waals surface area (Å²) in [6.45, 7) is 4.34. The maximum absolute atomic E-state index is 12.6. The van der Waals surface area contributed by atoms with E-state index >= 15 is 0 Å². The van der Waals surface area contributed by atoms with Crippen LogP contribution in [-0.4, -0.2) is 80.6 Å². The van der Waals surface area contributed by atoms with Gasteiger partial charge in [0.15, 0.2) is 12.1 Å². The molecule has 8 heteroatoms. The summed E-state index contributed by atoms with van der Waals surface area (Å²) in [4.78, 5) is 36.8. The number of unbranched alkanes of at least 4 members (excludes halogenated alkanes) is 8. The van der Waals surface area contributed by atoms with E-state index in [0.717, 1.165) is 70.6 Å². The number of hydrogen-bond acceptors (Lipinski definition) is 6. The normalized spacial score (nSPS) is 14.1.